The number of aryl methyl sites for hydroxylation is 2. The molecule has 2 aliphatic carbocycles. The predicted molar refractivity (Wildman–Crippen MR) is 266 cm³/mol. The summed E-state index contributed by atoms with van der Waals surface area (Å²) < 4.78 is 18.3. The molecule has 7 heteroatoms. The number of rotatable bonds is 5. The minimum absolute atomic E-state index is 0.0337. The molecule has 10 aromatic rings. The molecule has 5 heterocycles. The molecule has 0 radical (unpaired) electrons. The zero-order chi connectivity index (χ0) is 44.9. The lowest BCUT2D eigenvalue weighted by molar-refractivity contribution is 0.00421. The van der Waals surface area contributed by atoms with Crippen molar-refractivity contribution in [1.29, 1.82) is 0 Å². The van der Waals surface area contributed by atoms with E-state index in [0.29, 0.717) is 34.2 Å². The summed E-state index contributed by atoms with van der Waals surface area (Å²) in [5, 5.41) is 4.39. The highest BCUT2D eigenvalue weighted by molar-refractivity contribution is 6.21. The Balaban J connectivity index is 1.03. The van der Waals surface area contributed by atoms with Gasteiger partial charge < -0.3 is 9.15 Å². The highest BCUT2D eigenvalue weighted by Gasteiger charge is 2.56. The van der Waals surface area contributed by atoms with Crippen LogP contribution in [0, 0.1) is 36.5 Å². The van der Waals surface area contributed by atoms with Crippen molar-refractivity contribution in [3.05, 3.63) is 138 Å². The largest absolute Gasteiger partial charge is 0.457 e. The van der Waals surface area contributed by atoms with Crippen molar-refractivity contribution in [3.8, 4) is 28.6 Å². The average molecular weight is 856 g/mol. The summed E-state index contributed by atoms with van der Waals surface area (Å²) >= 11 is 0. The molecule has 5 aromatic heterocycles. The van der Waals surface area contributed by atoms with Gasteiger partial charge in [-0.2, -0.15) is 0 Å². The topological polar surface area (TPSA) is 70.4 Å². The van der Waals surface area contributed by atoms with Gasteiger partial charge in [-0.3, -0.25) is 14.0 Å². The molecule has 1 fully saturated rings. The third-order valence-corrected chi connectivity index (χ3v) is 15.6. The smallest absolute Gasteiger partial charge is 0.221 e. The van der Waals surface area contributed by atoms with Crippen LogP contribution < -0.4 is 4.74 Å². The second kappa shape index (κ2) is 13.5. The fourth-order valence-electron chi connectivity index (χ4n) is 13.6. The van der Waals surface area contributed by atoms with Crippen LogP contribution >= 0.6 is 0 Å². The Hall–Kier alpha value is -6.47. The summed E-state index contributed by atoms with van der Waals surface area (Å²) in [6, 6.07) is 36.2. The van der Waals surface area contributed by atoms with Gasteiger partial charge in [-0.05, 0) is 154 Å². The molecule has 0 amide bonds. The molecule has 0 aliphatic heterocycles. The highest BCUT2D eigenvalue weighted by atomic mass is 16.5. The molecular formula is C58H57N5O2. The highest BCUT2D eigenvalue weighted by Crippen LogP contribution is 2.62. The molecule has 0 spiro atoms. The van der Waals surface area contributed by atoms with Crippen molar-refractivity contribution in [3.63, 3.8) is 0 Å². The molecule has 5 aromatic carbocycles. The van der Waals surface area contributed by atoms with E-state index in [1.165, 1.54) is 41.3 Å². The normalized spacial score (nSPS) is 19.0. The molecule has 0 saturated heterocycles. The summed E-state index contributed by atoms with van der Waals surface area (Å²) in [5.41, 5.74) is 13.0. The number of hydrogen-bond donors (Lipinski definition) is 0. The van der Waals surface area contributed by atoms with E-state index in [1.54, 1.807) is 0 Å². The van der Waals surface area contributed by atoms with Crippen molar-refractivity contribution < 1.29 is 9.15 Å². The average Bonchev–Trinajstić information content (AvgIpc) is 3.95. The van der Waals surface area contributed by atoms with Crippen molar-refractivity contribution in [2.45, 2.75) is 99.3 Å². The van der Waals surface area contributed by atoms with Crippen LogP contribution in [0.15, 0.2) is 120 Å². The Labute approximate surface area is 380 Å². The number of hydrogen-bond acceptors (Lipinski definition) is 5. The SMILES string of the molecule is Cc1cnc(-n2c3cc(Oc4cc(-c5cc6c(cn5)C(C)(C)C(C5CC(C)(C)CC(C)(C)C5)C6(C)C)c5oc6ccc7ccccc7c6c5c4)ccc3n3c4ccccc4nc23)cc1C. The molecule has 65 heavy (non-hydrogen) atoms. The zero-order valence-corrected chi connectivity index (χ0v) is 39.3. The summed E-state index contributed by atoms with van der Waals surface area (Å²) in [4.78, 5) is 15.4. The minimum atomic E-state index is -0.0672. The Morgan fingerprint density at radius 2 is 1.40 bits per heavy atom. The van der Waals surface area contributed by atoms with Crippen LogP contribution in [0.25, 0.3) is 77.6 Å². The number of benzene rings is 5. The van der Waals surface area contributed by atoms with E-state index in [-0.39, 0.29) is 10.8 Å². The summed E-state index contributed by atoms with van der Waals surface area (Å²) in [5.74, 6) is 4.12. The Morgan fingerprint density at radius 1 is 0.646 bits per heavy atom. The molecule has 0 N–H and O–H groups in total. The summed E-state index contributed by atoms with van der Waals surface area (Å²) in [6.07, 6.45) is 7.89. The summed E-state index contributed by atoms with van der Waals surface area (Å²) in [7, 11) is 0. The number of ether oxygens (including phenoxy) is 1. The number of fused-ring (bicyclic) bond motifs is 11. The van der Waals surface area contributed by atoms with Gasteiger partial charge in [0, 0.05) is 34.8 Å². The zero-order valence-electron chi connectivity index (χ0n) is 39.3. The van der Waals surface area contributed by atoms with Gasteiger partial charge in [0.1, 0.15) is 28.5 Å². The maximum absolute atomic E-state index is 7.05. The molecule has 12 rings (SSSR count). The number of aromatic nitrogens is 5. The van der Waals surface area contributed by atoms with Gasteiger partial charge in [0.05, 0.1) is 27.8 Å². The lowest BCUT2D eigenvalue weighted by Gasteiger charge is -2.52. The van der Waals surface area contributed by atoms with Crippen molar-refractivity contribution in [2.75, 3.05) is 0 Å². The predicted octanol–water partition coefficient (Wildman–Crippen LogP) is 15.4. The molecule has 1 atom stereocenters. The third-order valence-electron chi connectivity index (χ3n) is 15.6. The Morgan fingerprint density at radius 3 is 2.20 bits per heavy atom. The summed E-state index contributed by atoms with van der Waals surface area (Å²) in [6.45, 7) is 24.1. The quantitative estimate of drug-likeness (QED) is 0.172. The van der Waals surface area contributed by atoms with Crippen molar-refractivity contribution in [1.82, 2.24) is 23.9 Å². The van der Waals surface area contributed by atoms with Crippen LogP contribution in [0.1, 0.15) is 96.9 Å². The number of furan rings is 1. The van der Waals surface area contributed by atoms with Gasteiger partial charge in [-0.25, -0.2) is 9.97 Å². The van der Waals surface area contributed by atoms with Gasteiger partial charge in [-0.15, -0.1) is 0 Å². The molecule has 0 bridgehead atoms. The van der Waals surface area contributed by atoms with Crippen molar-refractivity contribution >= 4 is 60.6 Å². The van der Waals surface area contributed by atoms with Gasteiger partial charge in [0.25, 0.3) is 0 Å². The van der Waals surface area contributed by atoms with Gasteiger partial charge in [0.2, 0.25) is 5.78 Å². The van der Waals surface area contributed by atoms with Gasteiger partial charge in [0.15, 0.2) is 0 Å². The first-order chi connectivity index (χ1) is 31.0. The Kier molecular flexibility index (Phi) is 8.35. The molecule has 1 unspecified atom stereocenters. The van der Waals surface area contributed by atoms with E-state index in [9.17, 15) is 0 Å². The fourth-order valence-corrected chi connectivity index (χ4v) is 13.6. The van der Waals surface area contributed by atoms with E-state index in [1.807, 2.05) is 12.3 Å². The fraction of sp³-hybridized carbons (Fsp3) is 0.328. The standard InChI is InChI=1S/C58H57N5O2/c1-33-23-50(60-30-34(33)2)63-48-26-37(20-21-47(48)62-46-18-14-13-17-44(46)61-54(62)63)64-38-24-40(52-41(25-38)51-39-16-12-11-15-35(39)19-22-49(51)65-52)45-27-42-43(31-59-45)58(9,10)53(57(42,7)8)36-28-55(3,4)32-56(5,6)29-36/h11-27,30-31,36,53H,28-29,32H2,1-10H3. The molecule has 7 nitrogen and oxygen atoms in total. The molecule has 326 valence electrons. The van der Waals surface area contributed by atoms with E-state index in [0.717, 1.165) is 77.8 Å². The molecule has 2 aliphatic rings. The lowest BCUT2D eigenvalue weighted by atomic mass is 9.53. The number of pyridine rings is 2. The second-order valence-corrected chi connectivity index (χ2v) is 22.3. The monoisotopic (exact) mass is 855 g/mol. The second-order valence-electron chi connectivity index (χ2n) is 22.3. The van der Waals surface area contributed by atoms with Crippen LogP contribution in [0.3, 0.4) is 0 Å². The van der Waals surface area contributed by atoms with E-state index >= 15 is 0 Å². The van der Waals surface area contributed by atoms with E-state index in [2.05, 4.69) is 181 Å². The van der Waals surface area contributed by atoms with Gasteiger partial charge in [-0.1, -0.05) is 97.9 Å². The maximum atomic E-state index is 7.05. The van der Waals surface area contributed by atoms with Gasteiger partial charge >= 0.3 is 0 Å². The van der Waals surface area contributed by atoms with E-state index in [4.69, 9.17) is 24.1 Å². The third kappa shape index (κ3) is 6.03. The first-order valence-electron chi connectivity index (χ1n) is 23.4. The van der Waals surface area contributed by atoms with Crippen LogP contribution in [0.2, 0.25) is 0 Å². The van der Waals surface area contributed by atoms with Crippen molar-refractivity contribution in [2.24, 2.45) is 22.7 Å². The van der Waals surface area contributed by atoms with Crippen LogP contribution in [-0.4, -0.2) is 23.9 Å². The molecular weight excluding hydrogens is 799 g/mol. The van der Waals surface area contributed by atoms with E-state index < -0.39 is 0 Å². The number of para-hydroxylation sites is 2. The van der Waals surface area contributed by atoms with Crippen LogP contribution in [0.5, 0.6) is 11.5 Å². The number of nitrogens with zero attached hydrogens (tertiary/aromatic N) is 5. The van der Waals surface area contributed by atoms with Crippen LogP contribution in [-0.2, 0) is 10.8 Å². The minimum Gasteiger partial charge on any atom is -0.457 e. The maximum Gasteiger partial charge on any atom is 0.221 e. The lowest BCUT2D eigenvalue weighted by Crippen LogP contribution is -2.45. The Bertz CT molecular complexity index is 3600. The molecule has 1 saturated carbocycles. The van der Waals surface area contributed by atoms with Crippen LogP contribution in [0.4, 0.5) is 0 Å². The number of imidazole rings is 2. The first kappa shape index (κ1) is 40.1. The first-order valence-corrected chi connectivity index (χ1v) is 23.4.